The lowest BCUT2D eigenvalue weighted by molar-refractivity contribution is -0.121. The van der Waals surface area contributed by atoms with Crippen LogP contribution in [-0.4, -0.2) is 5.91 Å². The minimum atomic E-state index is 0.245. The van der Waals surface area contributed by atoms with Crippen molar-refractivity contribution in [2.75, 3.05) is 5.32 Å². The van der Waals surface area contributed by atoms with Crippen molar-refractivity contribution < 1.29 is 4.79 Å². The highest BCUT2D eigenvalue weighted by Crippen LogP contribution is 2.48. The summed E-state index contributed by atoms with van der Waals surface area (Å²) in [5.41, 5.74) is 3.38. The molecule has 0 aromatic heterocycles. The topological polar surface area (TPSA) is 29.1 Å². The van der Waals surface area contributed by atoms with E-state index in [1.165, 1.54) is 24.8 Å². The molecule has 0 radical (unpaired) electrons. The standard InChI is InChI=1S/C16H21NO/c1-10-3-6-15(11(2)7-10)17-16(18)14-9-12-4-5-13(14)8-12/h3,6-7,12-14H,4-5,8-9H2,1-2H3,(H,17,18)/t12-,13+,14+/m0/s1. The molecule has 0 heterocycles. The number of rotatable bonds is 2. The average molecular weight is 243 g/mol. The molecule has 1 N–H and O–H groups in total. The molecule has 2 nitrogen and oxygen atoms in total. The molecule has 2 bridgehead atoms. The highest BCUT2D eigenvalue weighted by atomic mass is 16.1. The molecule has 96 valence electrons. The van der Waals surface area contributed by atoms with Crippen molar-refractivity contribution in [2.45, 2.75) is 39.5 Å². The van der Waals surface area contributed by atoms with Crippen LogP contribution in [0.5, 0.6) is 0 Å². The van der Waals surface area contributed by atoms with Gasteiger partial charge in [-0.25, -0.2) is 0 Å². The molecule has 2 saturated carbocycles. The Morgan fingerprint density at radius 3 is 2.67 bits per heavy atom. The maximum absolute atomic E-state index is 12.3. The molecule has 3 atom stereocenters. The first-order valence-electron chi connectivity index (χ1n) is 7.01. The Hall–Kier alpha value is -1.31. The lowest BCUT2D eigenvalue weighted by Gasteiger charge is -2.21. The molecular formula is C16H21NO. The maximum atomic E-state index is 12.3. The fraction of sp³-hybridized carbons (Fsp3) is 0.562. The lowest BCUT2D eigenvalue weighted by Crippen LogP contribution is -2.27. The number of aryl methyl sites for hydroxylation is 2. The molecule has 0 spiro atoms. The van der Waals surface area contributed by atoms with E-state index in [0.29, 0.717) is 5.92 Å². The van der Waals surface area contributed by atoms with E-state index in [9.17, 15) is 4.79 Å². The van der Waals surface area contributed by atoms with Crippen LogP contribution >= 0.6 is 0 Å². The summed E-state index contributed by atoms with van der Waals surface area (Å²) in [7, 11) is 0. The average Bonchev–Trinajstić information content (AvgIpc) is 2.94. The highest BCUT2D eigenvalue weighted by molar-refractivity contribution is 5.93. The van der Waals surface area contributed by atoms with Crippen molar-refractivity contribution in [3.05, 3.63) is 29.3 Å². The Kier molecular flexibility index (Phi) is 2.89. The Morgan fingerprint density at radius 1 is 1.22 bits per heavy atom. The largest absolute Gasteiger partial charge is 0.326 e. The molecule has 0 saturated heterocycles. The summed E-state index contributed by atoms with van der Waals surface area (Å²) in [6, 6.07) is 6.20. The molecule has 1 aromatic rings. The van der Waals surface area contributed by atoms with E-state index < -0.39 is 0 Å². The second-order valence-electron chi connectivity index (χ2n) is 6.09. The van der Waals surface area contributed by atoms with Crippen molar-refractivity contribution in [3.63, 3.8) is 0 Å². The van der Waals surface area contributed by atoms with Gasteiger partial charge in [-0.2, -0.15) is 0 Å². The maximum Gasteiger partial charge on any atom is 0.227 e. The Labute approximate surface area is 109 Å². The number of fused-ring (bicyclic) bond motifs is 2. The first kappa shape index (κ1) is 11.8. The SMILES string of the molecule is Cc1ccc(NC(=O)[C@@H]2C[C@H]3CC[C@@H]2C3)c(C)c1. The molecule has 2 aliphatic carbocycles. The van der Waals surface area contributed by atoms with Crippen LogP contribution < -0.4 is 5.32 Å². The Balaban J connectivity index is 1.71. The fourth-order valence-corrected chi connectivity index (χ4v) is 3.75. The second kappa shape index (κ2) is 4.42. The number of hydrogen-bond acceptors (Lipinski definition) is 1. The summed E-state index contributed by atoms with van der Waals surface area (Å²) >= 11 is 0. The fourth-order valence-electron chi connectivity index (χ4n) is 3.75. The van der Waals surface area contributed by atoms with Crippen molar-refractivity contribution >= 4 is 11.6 Å². The first-order valence-corrected chi connectivity index (χ1v) is 7.01. The van der Waals surface area contributed by atoms with Gasteiger partial charge in [0.25, 0.3) is 0 Å². The zero-order chi connectivity index (χ0) is 12.7. The minimum absolute atomic E-state index is 0.245. The van der Waals surface area contributed by atoms with Crippen LogP contribution in [0.4, 0.5) is 5.69 Å². The third-order valence-corrected chi connectivity index (χ3v) is 4.71. The van der Waals surface area contributed by atoms with Gasteiger partial charge in [0.15, 0.2) is 0 Å². The molecular weight excluding hydrogens is 222 g/mol. The van der Waals surface area contributed by atoms with Crippen LogP contribution in [0.1, 0.15) is 36.8 Å². The van der Waals surface area contributed by atoms with Crippen molar-refractivity contribution in [3.8, 4) is 0 Å². The summed E-state index contributed by atoms with van der Waals surface area (Å²) in [6.45, 7) is 4.14. The van der Waals surface area contributed by atoms with Crippen molar-refractivity contribution in [2.24, 2.45) is 17.8 Å². The van der Waals surface area contributed by atoms with Gasteiger partial charge in [0.05, 0.1) is 0 Å². The highest BCUT2D eigenvalue weighted by Gasteiger charge is 2.43. The van der Waals surface area contributed by atoms with Gasteiger partial charge in [-0.1, -0.05) is 24.1 Å². The zero-order valence-corrected chi connectivity index (χ0v) is 11.2. The monoisotopic (exact) mass is 243 g/mol. The Bertz CT molecular complexity index is 480. The van der Waals surface area contributed by atoms with Crippen LogP contribution in [0.15, 0.2) is 18.2 Å². The summed E-state index contributed by atoms with van der Waals surface area (Å²) in [6.07, 6.45) is 5.00. The molecule has 2 heteroatoms. The van der Waals surface area contributed by atoms with E-state index in [0.717, 1.165) is 23.6 Å². The van der Waals surface area contributed by atoms with Gasteiger partial charge in [0, 0.05) is 11.6 Å². The van der Waals surface area contributed by atoms with Gasteiger partial charge in [-0.05, 0) is 56.6 Å². The molecule has 1 amide bonds. The second-order valence-corrected chi connectivity index (χ2v) is 6.09. The van der Waals surface area contributed by atoms with E-state index in [1.807, 2.05) is 6.07 Å². The molecule has 2 aliphatic rings. The molecule has 0 unspecified atom stereocenters. The predicted octanol–water partition coefficient (Wildman–Crippen LogP) is 3.68. The molecule has 1 aromatic carbocycles. The van der Waals surface area contributed by atoms with Gasteiger partial charge < -0.3 is 5.32 Å². The van der Waals surface area contributed by atoms with Crippen LogP contribution in [0.25, 0.3) is 0 Å². The molecule has 0 aliphatic heterocycles. The van der Waals surface area contributed by atoms with Gasteiger partial charge in [0.2, 0.25) is 5.91 Å². The molecule has 3 rings (SSSR count). The summed E-state index contributed by atoms with van der Waals surface area (Å²) in [5.74, 6) is 1.99. The number of nitrogens with one attached hydrogen (secondary N) is 1. The third kappa shape index (κ3) is 2.05. The summed E-state index contributed by atoms with van der Waals surface area (Å²) < 4.78 is 0. The van der Waals surface area contributed by atoms with E-state index >= 15 is 0 Å². The van der Waals surface area contributed by atoms with Crippen molar-refractivity contribution in [1.82, 2.24) is 0 Å². The van der Waals surface area contributed by atoms with Crippen LogP contribution in [0.2, 0.25) is 0 Å². The van der Waals surface area contributed by atoms with Crippen LogP contribution in [-0.2, 0) is 4.79 Å². The van der Waals surface area contributed by atoms with Gasteiger partial charge >= 0.3 is 0 Å². The van der Waals surface area contributed by atoms with Gasteiger partial charge in [-0.3, -0.25) is 4.79 Å². The number of carbonyl (C=O) groups excluding carboxylic acids is 1. The smallest absolute Gasteiger partial charge is 0.227 e. The predicted molar refractivity (Wildman–Crippen MR) is 73.5 cm³/mol. The number of hydrogen-bond donors (Lipinski definition) is 1. The normalized spacial score (nSPS) is 29.6. The Morgan fingerprint density at radius 2 is 2.06 bits per heavy atom. The van der Waals surface area contributed by atoms with Gasteiger partial charge in [-0.15, -0.1) is 0 Å². The number of amides is 1. The van der Waals surface area contributed by atoms with E-state index in [-0.39, 0.29) is 11.8 Å². The molecule has 2 fully saturated rings. The number of anilines is 1. The summed E-state index contributed by atoms with van der Waals surface area (Å²) in [4.78, 5) is 12.3. The van der Waals surface area contributed by atoms with Crippen LogP contribution in [0.3, 0.4) is 0 Å². The first-order chi connectivity index (χ1) is 8.63. The van der Waals surface area contributed by atoms with Crippen molar-refractivity contribution in [1.29, 1.82) is 0 Å². The molecule has 18 heavy (non-hydrogen) atoms. The van der Waals surface area contributed by atoms with Crippen LogP contribution in [0, 0.1) is 31.6 Å². The van der Waals surface area contributed by atoms with E-state index in [4.69, 9.17) is 0 Å². The lowest BCUT2D eigenvalue weighted by atomic mass is 9.88. The van der Waals surface area contributed by atoms with Gasteiger partial charge in [0.1, 0.15) is 0 Å². The zero-order valence-electron chi connectivity index (χ0n) is 11.2. The quantitative estimate of drug-likeness (QED) is 0.843. The number of carbonyl (C=O) groups is 1. The minimum Gasteiger partial charge on any atom is -0.326 e. The van der Waals surface area contributed by atoms with E-state index in [1.54, 1.807) is 0 Å². The third-order valence-electron chi connectivity index (χ3n) is 4.71. The number of benzene rings is 1. The van der Waals surface area contributed by atoms with E-state index in [2.05, 4.69) is 31.3 Å². The summed E-state index contributed by atoms with van der Waals surface area (Å²) in [5, 5.41) is 3.13.